The Morgan fingerprint density at radius 1 is 0.963 bits per heavy atom. The largest absolute Gasteiger partial charge is 0.322 e. The third-order valence-electron chi connectivity index (χ3n) is 4.20. The van der Waals surface area contributed by atoms with E-state index in [0.29, 0.717) is 23.4 Å². The summed E-state index contributed by atoms with van der Waals surface area (Å²) in [5.41, 5.74) is 1.47. The summed E-state index contributed by atoms with van der Waals surface area (Å²) in [6, 6.07) is 12.4. The van der Waals surface area contributed by atoms with E-state index in [9.17, 15) is 18.0 Å². The van der Waals surface area contributed by atoms with Crippen LogP contribution in [0.1, 0.15) is 47.4 Å². The third kappa shape index (κ3) is 5.24. The molecular weight excluding hydrogens is 364 g/mol. The molecule has 0 aliphatic heterocycles. The molecule has 0 saturated heterocycles. The summed E-state index contributed by atoms with van der Waals surface area (Å²) in [6.45, 7) is 3.93. The van der Waals surface area contributed by atoms with Crippen LogP contribution in [0.2, 0.25) is 0 Å². The minimum Gasteiger partial charge on any atom is -0.322 e. The first-order chi connectivity index (χ1) is 12.8. The fourth-order valence-electron chi connectivity index (χ4n) is 2.45. The number of hydrogen-bond acceptors (Lipinski definition) is 4. The van der Waals surface area contributed by atoms with E-state index in [-0.39, 0.29) is 16.6 Å². The molecule has 1 amide bonds. The fraction of sp³-hybridized carbons (Fsp3) is 0.300. The van der Waals surface area contributed by atoms with Crippen molar-refractivity contribution in [3.05, 3.63) is 59.7 Å². The molecule has 0 atom stereocenters. The molecule has 0 radical (unpaired) electrons. The summed E-state index contributed by atoms with van der Waals surface area (Å²) in [7, 11) is -2.00. The van der Waals surface area contributed by atoms with E-state index >= 15 is 0 Å². The van der Waals surface area contributed by atoms with Gasteiger partial charge < -0.3 is 5.32 Å². The first-order valence-electron chi connectivity index (χ1n) is 8.74. The average molecular weight is 388 g/mol. The summed E-state index contributed by atoms with van der Waals surface area (Å²) >= 11 is 0. The zero-order valence-corrected chi connectivity index (χ0v) is 16.5. The number of amides is 1. The van der Waals surface area contributed by atoms with Gasteiger partial charge in [-0.15, -0.1) is 0 Å². The van der Waals surface area contributed by atoms with Crippen LogP contribution in [0.25, 0.3) is 0 Å². The van der Waals surface area contributed by atoms with Gasteiger partial charge in [-0.2, -0.15) is 0 Å². The number of nitrogens with one attached hydrogen (secondary N) is 1. The molecule has 27 heavy (non-hydrogen) atoms. The van der Waals surface area contributed by atoms with E-state index in [2.05, 4.69) is 5.32 Å². The summed E-state index contributed by atoms with van der Waals surface area (Å²) in [5.74, 6) is -0.401. The lowest BCUT2D eigenvalue weighted by Gasteiger charge is -2.17. The Morgan fingerprint density at radius 2 is 1.52 bits per heavy atom. The Kier molecular flexibility index (Phi) is 6.87. The number of nitrogens with zero attached hydrogens (tertiary/aromatic N) is 1. The molecule has 6 nitrogen and oxygen atoms in total. The van der Waals surface area contributed by atoms with Gasteiger partial charge in [0.1, 0.15) is 0 Å². The van der Waals surface area contributed by atoms with Gasteiger partial charge in [0, 0.05) is 30.4 Å². The smallest absolute Gasteiger partial charge is 0.255 e. The number of rotatable bonds is 8. The lowest BCUT2D eigenvalue weighted by Crippen LogP contribution is -2.28. The maximum Gasteiger partial charge on any atom is 0.255 e. The van der Waals surface area contributed by atoms with E-state index in [0.717, 1.165) is 12.8 Å². The number of sulfonamides is 1. The molecule has 0 fully saturated rings. The minimum absolute atomic E-state index is 0.0476. The zero-order valence-electron chi connectivity index (χ0n) is 15.7. The van der Waals surface area contributed by atoms with Gasteiger partial charge >= 0.3 is 0 Å². The van der Waals surface area contributed by atoms with Crippen LogP contribution in [0.4, 0.5) is 5.69 Å². The van der Waals surface area contributed by atoms with Crippen LogP contribution in [-0.4, -0.2) is 38.0 Å². The van der Waals surface area contributed by atoms with E-state index in [4.69, 9.17) is 0 Å². The van der Waals surface area contributed by atoms with Crippen molar-refractivity contribution in [1.29, 1.82) is 0 Å². The lowest BCUT2D eigenvalue weighted by molar-refractivity contribution is 0.101. The van der Waals surface area contributed by atoms with E-state index in [1.165, 1.54) is 35.5 Å². The Labute approximate surface area is 160 Å². The minimum atomic E-state index is -3.56. The van der Waals surface area contributed by atoms with Crippen LogP contribution < -0.4 is 5.32 Å². The van der Waals surface area contributed by atoms with Crippen molar-refractivity contribution in [2.75, 3.05) is 18.9 Å². The second-order valence-electron chi connectivity index (χ2n) is 6.29. The highest BCUT2D eigenvalue weighted by molar-refractivity contribution is 7.89. The molecule has 0 saturated carbocycles. The number of anilines is 1. The zero-order chi connectivity index (χ0) is 20.0. The Bertz CT molecular complexity index is 904. The van der Waals surface area contributed by atoms with Crippen LogP contribution in [0.3, 0.4) is 0 Å². The number of carbonyl (C=O) groups excluding carboxylic acids is 2. The van der Waals surface area contributed by atoms with Crippen molar-refractivity contribution >= 4 is 27.4 Å². The second kappa shape index (κ2) is 8.92. The van der Waals surface area contributed by atoms with Crippen LogP contribution in [-0.2, 0) is 10.0 Å². The van der Waals surface area contributed by atoms with Gasteiger partial charge in [0.05, 0.1) is 4.90 Å². The number of carbonyl (C=O) groups is 2. The molecule has 0 bridgehead atoms. The number of ketones is 1. The number of Topliss-reactive ketones (excluding diaryl/α,β-unsaturated/α-hetero) is 1. The van der Waals surface area contributed by atoms with Crippen molar-refractivity contribution < 1.29 is 18.0 Å². The number of unbranched alkanes of at least 4 members (excludes halogenated alkanes) is 1. The molecule has 1 N–H and O–H groups in total. The predicted octanol–water partition coefficient (Wildman–Crippen LogP) is 3.56. The highest BCUT2D eigenvalue weighted by Gasteiger charge is 2.20. The van der Waals surface area contributed by atoms with Crippen molar-refractivity contribution in [2.24, 2.45) is 0 Å². The predicted molar refractivity (Wildman–Crippen MR) is 106 cm³/mol. The molecule has 2 rings (SSSR count). The molecule has 144 valence electrons. The quantitative estimate of drug-likeness (QED) is 0.701. The Morgan fingerprint density at radius 3 is 2.04 bits per heavy atom. The second-order valence-corrected chi connectivity index (χ2v) is 8.34. The Hall–Kier alpha value is -2.51. The van der Waals surface area contributed by atoms with Crippen LogP contribution >= 0.6 is 0 Å². The van der Waals surface area contributed by atoms with Gasteiger partial charge in [0.25, 0.3) is 5.91 Å². The maximum atomic E-state index is 12.5. The molecule has 2 aromatic rings. The monoisotopic (exact) mass is 388 g/mol. The third-order valence-corrected chi connectivity index (χ3v) is 6.07. The van der Waals surface area contributed by atoms with Crippen molar-refractivity contribution in [2.45, 2.75) is 31.6 Å². The fourth-order valence-corrected chi connectivity index (χ4v) is 3.66. The molecule has 0 unspecified atom stereocenters. The standard InChI is InChI=1S/C20H24N2O4S/c1-4-5-14-22(3)27(25,26)19-12-8-17(9-13-19)20(24)21-18-10-6-16(7-11-18)15(2)23/h6-13H,4-5,14H2,1-3H3,(H,21,24). The number of benzene rings is 2. The first-order valence-corrected chi connectivity index (χ1v) is 10.2. The molecule has 0 aromatic heterocycles. The van der Waals surface area contributed by atoms with Crippen LogP contribution in [0.15, 0.2) is 53.4 Å². The summed E-state index contributed by atoms with van der Waals surface area (Å²) < 4.78 is 26.3. The highest BCUT2D eigenvalue weighted by atomic mass is 32.2. The molecular formula is C20H24N2O4S. The number of hydrogen-bond donors (Lipinski definition) is 1. The van der Waals surface area contributed by atoms with Crippen molar-refractivity contribution in [3.63, 3.8) is 0 Å². The molecule has 0 aliphatic rings. The maximum absolute atomic E-state index is 12.5. The molecule has 0 heterocycles. The SMILES string of the molecule is CCCCN(C)S(=O)(=O)c1ccc(C(=O)Nc2ccc(C(C)=O)cc2)cc1. The van der Waals surface area contributed by atoms with E-state index in [1.54, 1.807) is 31.3 Å². The average Bonchev–Trinajstić information content (AvgIpc) is 2.66. The van der Waals surface area contributed by atoms with Crippen molar-refractivity contribution in [1.82, 2.24) is 4.31 Å². The highest BCUT2D eigenvalue weighted by Crippen LogP contribution is 2.17. The van der Waals surface area contributed by atoms with Crippen LogP contribution in [0, 0.1) is 0 Å². The van der Waals surface area contributed by atoms with Gasteiger partial charge in [-0.3, -0.25) is 9.59 Å². The summed E-state index contributed by atoms with van der Waals surface area (Å²) in [4.78, 5) is 23.8. The first kappa shape index (κ1) is 20.8. The van der Waals surface area contributed by atoms with Gasteiger partial charge in [-0.1, -0.05) is 13.3 Å². The molecule has 7 heteroatoms. The topological polar surface area (TPSA) is 83.6 Å². The van der Waals surface area contributed by atoms with E-state index < -0.39 is 10.0 Å². The summed E-state index contributed by atoms with van der Waals surface area (Å²) in [6.07, 6.45) is 1.70. The van der Waals surface area contributed by atoms with Crippen LogP contribution in [0.5, 0.6) is 0 Å². The molecule has 0 spiro atoms. The van der Waals surface area contributed by atoms with Gasteiger partial charge in [-0.25, -0.2) is 12.7 Å². The molecule has 2 aromatic carbocycles. The molecule has 0 aliphatic carbocycles. The Balaban J connectivity index is 2.09. The summed E-state index contributed by atoms with van der Waals surface area (Å²) in [5, 5.41) is 2.72. The van der Waals surface area contributed by atoms with Crippen molar-refractivity contribution in [3.8, 4) is 0 Å². The van der Waals surface area contributed by atoms with Gasteiger partial charge in [-0.05, 0) is 61.9 Å². The van der Waals surface area contributed by atoms with Gasteiger partial charge in [0.2, 0.25) is 10.0 Å². The normalized spacial score (nSPS) is 11.4. The lowest BCUT2D eigenvalue weighted by atomic mass is 10.1. The van der Waals surface area contributed by atoms with Gasteiger partial charge in [0.15, 0.2) is 5.78 Å². The van der Waals surface area contributed by atoms with E-state index in [1.807, 2.05) is 6.92 Å².